The number of hydrogen-bond acceptors (Lipinski definition) is 4. The van der Waals surface area contributed by atoms with Gasteiger partial charge in [0.15, 0.2) is 11.8 Å². The quantitative estimate of drug-likeness (QED) is 0.370. The molecule has 0 unspecified atom stereocenters. The maximum absolute atomic E-state index is 12.3. The minimum absolute atomic E-state index is 0. The van der Waals surface area contributed by atoms with Gasteiger partial charge in [0.2, 0.25) is 0 Å². The lowest BCUT2D eigenvalue weighted by Crippen LogP contribution is -2.53. The summed E-state index contributed by atoms with van der Waals surface area (Å²) in [6.45, 7) is 11.1. The molecule has 0 saturated carbocycles. The van der Waals surface area contributed by atoms with Crippen LogP contribution < -0.4 is 15.8 Å². The van der Waals surface area contributed by atoms with E-state index in [0.29, 0.717) is 5.82 Å². The van der Waals surface area contributed by atoms with Crippen LogP contribution in [-0.4, -0.2) is 59.7 Å². The fraction of sp³-hybridized carbons (Fsp3) is 0.500. The predicted octanol–water partition coefficient (Wildman–Crippen LogP) is 2.35. The summed E-state index contributed by atoms with van der Waals surface area (Å²) in [5.41, 5.74) is 3.88. The summed E-state index contributed by atoms with van der Waals surface area (Å²) in [4.78, 5) is 25.8. The van der Waals surface area contributed by atoms with E-state index in [-0.39, 0.29) is 29.5 Å². The Morgan fingerprint density at radius 3 is 2.43 bits per heavy atom. The third-order valence-electron chi connectivity index (χ3n) is 5.16. The van der Waals surface area contributed by atoms with E-state index in [2.05, 4.69) is 59.1 Å². The Hall–Kier alpha value is -2.10. The number of nitrogens with zero attached hydrogens (tertiary/aromatic N) is 5. The van der Waals surface area contributed by atoms with Gasteiger partial charge in [-0.15, -0.1) is 24.0 Å². The van der Waals surface area contributed by atoms with Gasteiger partial charge in [0.1, 0.15) is 0 Å². The summed E-state index contributed by atoms with van der Waals surface area (Å²) in [5, 5.41) is 3.41. The summed E-state index contributed by atoms with van der Waals surface area (Å²) in [6.07, 6.45) is 4.30. The molecule has 1 saturated heterocycles. The molecular formula is C22H33IN6O. The van der Waals surface area contributed by atoms with Crippen molar-refractivity contribution in [1.82, 2.24) is 19.8 Å². The molecule has 0 amide bonds. The molecule has 164 valence electrons. The molecule has 2 aromatic rings. The second kappa shape index (κ2) is 11.3. The Morgan fingerprint density at radius 2 is 1.80 bits per heavy atom. The zero-order chi connectivity index (χ0) is 20.8. The Labute approximate surface area is 196 Å². The molecule has 1 N–H and O–H groups in total. The van der Waals surface area contributed by atoms with Crippen LogP contribution in [0.1, 0.15) is 23.6 Å². The highest BCUT2D eigenvalue weighted by molar-refractivity contribution is 14.0. The van der Waals surface area contributed by atoms with Crippen LogP contribution in [0.5, 0.6) is 0 Å². The molecule has 3 rings (SSSR count). The van der Waals surface area contributed by atoms with Crippen LogP contribution in [0, 0.1) is 13.8 Å². The second-order valence-corrected chi connectivity index (χ2v) is 7.62. The Bertz CT molecular complexity index is 898. The topological polar surface area (TPSA) is 65.8 Å². The van der Waals surface area contributed by atoms with Crippen molar-refractivity contribution in [2.75, 3.05) is 44.2 Å². The zero-order valence-electron chi connectivity index (χ0n) is 18.4. The Balaban J connectivity index is 0.00000320. The normalized spacial score (nSPS) is 14.5. The van der Waals surface area contributed by atoms with E-state index in [1.807, 2.05) is 0 Å². The van der Waals surface area contributed by atoms with Crippen molar-refractivity contribution in [2.45, 2.75) is 27.2 Å². The van der Waals surface area contributed by atoms with Crippen molar-refractivity contribution in [3.63, 3.8) is 0 Å². The molecule has 30 heavy (non-hydrogen) atoms. The lowest BCUT2D eigenvalue weighted by molar-refractivity contribution is 0.371. The minimum atomic E-state index is -0.0463. The maximum Gasteiger partial charge on any atom is 0.293 e. The first-order valence-corrected chi connectivity index (χ1v) is 10.3. The average molecular weight is 524 g/mol. The molecule has 7 nitrogen and oxygen atoms in total. The molecule has 1 aromatic carbocycles. The van der Waals surface area contributed by atoms with Gasteiger partial charge in [0.05, 0.1) is 0 Å². The number of aryl methyl sites for hydroxylation is 3. The van der Waals surface area contributed by atoms with Crippen molar-refractivity contribution in [3.8, 4) is 0 Å². The first kappa shape index (κ1) is 24.2. The monoisotopic (exact) mass is 524 g/mol. The van der Waals surface area contributed by atoms with Gasteiger partial charge in [-0.1, -0.05) is 29.3 Å². The molecule has 0 atom stereocenters. The number of aromatic nitrogens is 2. The standard InChI is InChI=1S/C22H32N6O.HI/c1-5-23-22(25-7-6-19-15-17(2)14-18(3)16-19)28-12-10-27(11-13-28)20-21(29)26(4)9-8-24-20;/h8-9,14-16H,5-7,10-13H2,1-4H3,(H,23,25);1H. The zero-order valence-corrected chi connectivity index (χ0v) is 20.7. The summed E-state index contributed by atoms with van der Waals surface area (Å²) < 4.78 is 1.58. The predicted molar refractivity (Wildman–Crippen MR) is 134 cm³/mol. The summed E-state index contributed by atoms with van der Waals surface area (Å²) in [5.74, 6) is 1.48. The molecule has 0 aliphatic carbocycles. The fourth-order valence-electron chi connectivity index (χ4n) is 3.76. The number of guanidine groups is 1. The molecule has 1 aliphatic heterocycles. The Kier molecular flexibility index (Phi) is 9.13. The number of nitrogens with one attached hydrogen (secondary N) is 1. The molecule has 1 fully saturated rings. The second-order valence-electron chi connectivity index (χ2n) is 7.62. The molecule has 8 heteroatoms. The van der Waals surface area contributed by atoms with Gasteiger partial charge in [0.25, 0.3) is 5.56 Å². The van der Waals surface area contributed by atoms with Crippen LogP contribution in [-0.2, 0) is 13.5 Å². The number of rotatable bonds is 5. The van der Waals surface area contributed by atoms with E-state index < -0.39 is 0 Å². The van der Waals surface area contributed by atoms with Gasteiger partial charge in [-0.25, -0.2) is 4.98 Å². The van der Waals surface area contributed by atoms with Crippen molar-refractivity contribution in [1.29, 1.82) is 0 Å². The van der Waals surface area contributed by atoms with E-state index in [9.17, 15) is 4.79 Å². The van der Waals surface area contributed by atoms with Crippen molar-refractivity contribution >= 4 is 35.8 Å². The van der Waals surface area contributed by atoms with Gasteiger partial charge < -0.3 is 19.7 Å². The number of benzene rings is 1. The van der Waals surface area contributed by atoms with Crippen LogP contribution in [0.25, 0.3) is 0 Å². The van der Waals surface area contributed by atoms with Crippen molar-refractivity contribution in [3.05, 3.63) is 57.6 Å². The van der Waals surface area contributed by atoms with E-state index in [1.165, 1.54) is 16.7 Å². The summed E-state index contributed by atoms with van der Waals surface area (Å²) in [7, 11) is 1.76. The van der Waals surface area contributed by atoms with E-state index in [0.717, 1.165) is 51.6 Å². The van der Waals surface area contributed by atoms with Crippen molar-refractivity contribution < 1.29 is 0 Å². The highest BCUT2D eigenvalue weighted by Gasteiger charge is 2.22. The van der Waals surface area contributed by atoms with Gasteiger partial charge in [-0.3, -0.25) is 9.79 Å². The lowest BCUT2D eigenvalue weighted by atomic mass is 10.1. The van der Waals surface area contributed by atoms with Crippen LogP contribution in [0.15, 0.2) is 40.4 Å². The summed E-state index contributed by atoms with van der Waals surface area (Å²) >= 11 is 0. The fourth-order valence-corrected chi connectivity index (χ4v) is 3.76. The molecule has 2 heterocycles. The number of halogens is 1. The van der Waals surface area contributed by atoms with E-state index in [1.54, 1.807) is 24.0 Å². The number of piperazine rings is 1. The maximum atomic E-state index is 12.3. The highest BCUT2D eigenvalue weighted by atomic mass is 127. The van der Waals surface area contributed by atoms with Crippen molar-refractivity contribution in [2.24, 2.45) is 12.0 Å². The van der Waals surface area contributed by atoms with Crippen LogP contribution in [0.2, 0.25) is 0 Å². The third-order valence-corrected chi connectivity index (χ3v) is 5.16. The van der Waals surface area contributed by atoms with Gasteiger partial charge in [0, 0.05) is 58.7 Å². The average Bonchev–Trinajstić information content (AvgIpc) is 2.69. The van der Waals surface area contributed by atoms with Gasteiger partial charge in [-0.05, 0) is 32.8 Å². The minimum Gasteiger partial charge on any atom is -0.357 e. The number of aliphatic imine (C=N–C) groups is 1. The first-order chi connectivity index (χ1) is 14.0. The Morgan fingerprint density at radius 1 is 1.13 bits per heavy atom. The molecule has 1 aliphatic rings. The summed E-state index contributed by atoms with van der Waals surface area (Å²) in [6, 6.07) is 6.67. The molecule has 0 bridgehead atoms. The SMILES string of the molecule is CCNC(=NCCc1cc(C)cc(C)c1)N1CCN(c2nccn(C)c2=O)CC1.I. The molecule has 0 spiro atoms. The molecule has 0 radical (unpaired) electrons. The van der Waals surface area contributed by atoms with E-state index in [4.69, 9.17) is 4.99 Å². The van der Waals surface area contributed by atoms with Crippen LogP contribution in [0.4, 0.5) is 5.82 Å². The smallest absolute Gasteiger partial charge is 0.293 e. The van der Waals surface area contributed by atoms with Crippen LogP contribution >= 0.6 is 24.0 Å². The molecule has 1 aromatic heterocycles. The first-order valence-electron chi connectivity index (χ1n) is 10.3. The van der Waals surface area contributed by atoms with Gasteiger partial charge in [-0.2, -0.15) is 0 Å². The number of hydrogen-bond donors (Lipinski definition) is 1. The largest absolute Gasteiger partial charge is 0.357 e. The third kappa shape index (κ3) is 6.20. The van der Waals surface area contributed by atoms with Gasteiger partial charge >= 0.3 is 0 Å². The van der Waals surface area contributed by atoms with E-state index >= 15 is 0 Å². The molecular weight excluding hydrogens is 491 g/mol. The highest BCUT2D eigenvalue weighted by Crippen LogP contribution is 2.11. The lowest BCUT2D eigenvalue weighted by Gasteiger charge is -2.36. The number of anilines is 1. The van der Waals surface area contributed by atoms with Crippen LogP contribution in [0.3, 0.4) is 0 Å².